The molecule has 1 saturated heterocycles. The molecule has 3 rings (SSSR count). The van der Waals surface area contributed by atoms with Gasteiger partial charge in [0.1, 0.15) is 0 Å². The van der Waals surface area contributed by atoms with Gasteiger partial charge >= 0.3 is 12.0 Å². The van der Waals surface area contributed by atoms with E-state index in [4.69, 9.17) is 0 Å². The van der Waals surface area contributed by atoms with Gasteiger partial charge in [0.15, 0.2) is 0 Å². The molecule has 2 unspecified atom stereocenters. The Morgan fingerprint density at radius 3 is 2.45 bits per heavy atom. The molecule has 0 spiro atoms. The molecule has 0 bridgehead atoms. The molecular weight excluding hydrogens is 418 g/mol. The lowest BCUT2D eigenvalue weighted by Crippen LogP contribution is -2.46. The predicted octanol–water partition coefficient (Wildman–Crippen LogP) is 5.35. The first kappa shape index (κ1) is 24.6. The first-order chi connectivity index (χ1) is 15.6. The van der Waals surface area contributed by atoms with Gasteiger partial charge in [-0.3, -0.25) is 4.79 Å². The van der Waals surface area contributed by atoms with Gasteiger partial charge in [0, 0.05) is 12.2 Å². The Balaban J connectivity index is 1.94. The third-order valence-electron chi connectivity index (χ3n) is 6.34. The predicted molar refractivity (Wildman–Crippen MR) is 132 cm³/mol. The Bertz CT molecular complexity index is 982. The molecule has 33 heavy (non-hydrogen) atoms. The van der Waals surface area contributed by atoms with Crippen molar-refractivity contribution in [1.29, 1.82) is 0 Å². The van der Waals surface area contributed by atoms with Gasteiger partial charge in [0.2, 0.25) is 0 Å². The fourth-order valence-corrected chi connectivity index (χ4v) is 4.58. The number of aliphatic hydroxyl groups is 1. The fourth-order valence-electron chi connectivity index (χ4n) is 4.58. The van der Waals surface area contributed by atoms with Crippen molar-refractivity contribution in [2.45, 2.75) is 70.9 Å². The van der Waals surface area contributed by atoms with Crippen LogP contribution in [0.5, 0.6) is 0 Å². The SMILES string of the molecule is CCC(CC(=O)O)c1ccc(N2CCCC2C(C)(C)O)c(NC(=O)Nc2ccc(C)cc2)c1. The number of urea groups is 1. The molecule has 0 radical (unpaired) electrons. The van der Waals surface area contributed by atoms with Crippen LogP contribution in [0.25, 0.3) is 0 Å². The number of amides is 2. The number of rotatable bonds is 8. The molecule has 1 aliphatic heterocycles. The first-order valence-corrected chi connectivity index (χ1v) is 11.6. The van der Waals surface area contributed by atoms with E-state index in [9.17, 15) is 19.8 Å². The van der Waals surface area contributed by atoms with E-state index in [0.717, 1.165) is 36.2 Å². The van der Waals surface area contributed by atoms with Crippen LogP contribution >= 0.6 is 0 Å². The number of anilines is 3. The van der Waals surface area contributed by atoms with E-state index in [1.807, 2.05) is 70.2 Å². The topological polar surface area (TPSA) is 102 Å². The third kappa shape index (κ3) is 6.26. The highest BCUT2D eigenvalue weighted by Crippen LogP contribution is 2.38. The van der Waals surface area contributed by atoms with Crippen LogP contribution in [0.1, 0.15) is 63.5 Å². The normalized spacial score (nSPS) is 17.0. The number of carboxylic acids is 1. The molecular formula is C26H35N3O4. The third-order valence-corrected chi connectivity index (χ3v) is 6.34. The van der Waals surface area contributed by atoms with Crippen LogP contribution in [0.3, 0.4) is 0 Å². The number of carboxylic acid groups (broad SMARTS) is 1. The van der Waals surface area contributed by atoms with Crippen LogP contribution in [-0.4, -0.2) is 40.4 Å². The Morgan fingerprint density at radius 2 is 1.85 bits per heavy atom. The number of aliphatic carboxylic acids is 1. The number of nitrogens with one attached hydrogen (secondary N) is 2. The van der Waals surface area contributed by atoms with Gasteiger partial charge in [-0.05, 0) is 75.8 Å². The highest BCUT2D eigenvalue weighted by atomic mass is 16.4. The highest BCUT2D eigenvalue weighted by Gasteiger charge is 2.37. The van der Waals surface area contributed by atoms with E-state index in [2.05, 4.69) is 15.5 Å². The zero-order valence-electron chi connectivity index (χ0n) is 19.9. The number of hydrogen-bond acceptors (Lipinski definition) is 4. The van der Waals surface area contributed by atoms with Gasteiger partial charge in [-0.25, -0.2) is 4.79 Å². The van der Waals surface area contributed by atoms with Crippen LogP contribution in [0.2, 0.25) is 0 Å². The Labute approximate surface area is 195 Å². The minimum atomic E-state index is -0.897. The molecule has 1 fully saturated rings. The zero-order chi connectivity index (χ0) is 24.2. The van der Waals surface area contributed by atoms with Crippen LogP contribution < -0.4 is 15.5 Å². The van der Waals surface area contributed by atoms with Crippen LogP contribution in [0.15, 0.2) is 42.5 Å². The molecule has 4 N–H and O–H groups in total. The number of aryl methyl sites for hydroxylation is 1. The van der Waals surface area contributed by atoms with Crippen LogP contribution in [0, 0.1) is 6.92 Å². The standard InChI is InChI=1S/C26H35N3O4/c1-5-18(16-24(30)31)19-10-13-22(29-14-6-7-23(29)26(3,4)33)21(15-19)28-25(32)27-20-11-8-17(2)9-12-20/h8-13,15,18,23,33H,5-7,14,16H2,1-4H3,(H,30,31)(H2,27,28,32). The van der Waals surface area contributed by atoms with E-state index in [1.165, 1.54) is 0 Å². The minimum absolute atomic E-state index is 0.0286. The molecule has 7 nitrogen and oxygen atoms in total. The molecule has 2 atom stereocenters. The van der Waals surface area contributed by atoms with E-state index >= 15 is 0 Å². The summed E-state index contributed by atoms with van der Waals surface area (Å²) in [5, 5.41) is 25.9. The van der Waals surface area contributed by atoms with Gasteiger partial charge in [0.05, 0.1) is 29.4 Å². The Morgan fingerprint density at radius 1 is 1.15 bits per heavy atom. The fraction of sp³-hybridized carbons (Fsp3) is 0.462. The average molecular weight is 454 g/mol. The summed E-state index contributed by atoms with van der Waals surface area (Å²) in [6.45, 7) is 8.33. The summed E-state index contributed by atoms with van der Waals surface area (Å²) in [5.74, 6) is -1.000. The van der Waals surface area contributed by atoms with Crippen molar-refractivity contribution in [3.8, 4) is 0 Å². The molecule has 0 aromatic heterocycles. The summed E-state index contributed by atoms with van der Waals surface area (Å²) >= 11 is 0. The minimum Gasteiger partial charge on any atom is -0.481 e. The quantitative estimate of drug-likeness (QED) is 0.432. The number of carbonyl (C=O) groups excluding carboxylic acids is 1. The molecule has 7 heteroatoms. The number of hydrogen-bond donors (Lipinski definition) is 4. The molecule has 0 saturated carbocycles. The lowest BCUT2D eigenvalue weighted by atomic mass is 9.92. The summed E-state index contributed by atoms with van der Waals surface area (Å²) < 4.78 is 0. The lowest BCUT2D eigenvalue weighted by Gasteiger charge is -2.36. The molecule has 178 valence electrons. The largest absolute Gasteiger partial charge is 0.481 e. The second kappa shape index (κ2) is 10.3. The smallest absolute Gasteiger partial charge is 0.323 e. The Kier molecular flexibility index (Phi) is 7.64. The lowest BCUT2D eigenvalue weighted by molar-refractivity contribution is -0.137. The maximum absolute atomic E-state index is 12.9. The van der Waals surface area contributed by atoms with Crippen molar-refractivity contribution in [2.75, 3.05) is 22.1 Å². The number of carbonyl (C=O) groups is 2. The van der Waals surface area contributed by atoms with Gasteiger partial charge < -0.3 is 25.7 Å². The summed E-state index contributed by atoms with van der Waals surface area (Å²) in [6.07, 6.45) is 2.51. The first-order valence-electron chi connectivity index (χ1n) is 11.6. The molecule has 0 aliphatic carbocycles. The van der Waals surface area contributed by atoms with Crippen LogP contribution in [-0.2, 0) is 4.79 Å². The molecule has 2 amide bonds. The van der Waals surface area contributed by atoms with E-state index < -0.39 is 11.6 Å². The molecule has 2 aromatic rings. The van der Waals surface area contributed by atoms with Crippen LogP contribution in [0.4, 0.5) is 21.9 Å². The van der Waals surface area contributed by atoms with Crippen molar-refractivity contribution in [3.63, 3.8) is 0 Å². The second-order valence-electron chi connectivity index (χ2n) is 9.43. The summed E-state index contributed by atoms with van der Waals surface area (Å²) in [6, 6.07) is 12.8. The van der Waals surface area contributed by atoms with Crippen molar-refractivity contribution in [2.24, 2.45) is 0 Å². The summed E-state index contributed by atoms with van der Waals surface area (Å²) in [4.78, 5) is 26.3. The molecule has 1 aliphatic rings. The summed E-state index contributed by atoms with van der Waals surface area (Å²) in [5.41, 5.74) is 3.19. The van der Waals surface area contributed by atoms with Gasteiger partial charge in [-0.2, -0.15) is 0 Å². The molecule has 1 heterocycles. The number of nitrogens with zero attached hydrogens (tertiary/aromatic N) is 1. The maximum Gasteiger partial charge on any atom is 0.323 e. The second-order valence-corrected chi connectivity index (χ2v) is 9.43. The number of benzene rings is 2. The van der Waals surface area contributed by atoms with Crippen molar-refractivity contribution >= 4 is 29.1 Å². The van der Waals surface area contributed by atoms with Crippen molar-refractivity contribution < 1.29 is 19.8 Å². The van der Waals surface area contributed by atoms with Gasteiger partial charge in [-0.15, -0.1) is 0 Å². The monoisotopic (exact) mass is 453 g/mol. The highest BCUT2D eigenvalue weighted by molar-refractivity contribution is 6.02. The van der Waals surface area contributed by atoms with E-state index in [1.54, 1.807) is 0 Å². The van der Waals surface area contributed by atoms with Crippen molar-refractivity contribution in [1.82, 2.24) is 0 Å². The average Bonchev–Trinajstić information content (AvgIpc) is 3.24. The van der Waals surface area contributed by atoms with E-state index in [-0.39, 0.29) is 24.4 Å². The Hall–Kier alpha value is -3.06. The van der Waals surface area contributed by atoms with Crippen molar-refractivity contribution in [3.05, 3.63) is 53.6 Å². The maximum atomic E-state index is 12.9. The van der Waals surface area contributed by atoms with Gasteiger partial charge in [0.25, 0.3) is 0 Å². The summed E-state index contributed by atoms with van der Waals surface area (Å²) in [7, 11) is 0. The van der Waals surface area contributed by atoms with E-state index in [0.29, 0.717) is 17.8 Å². The zero-order valence-corrected chi connectivity index (χ0v) is 19.9. The molecule has 2 aromatic carbocycles. The van der Waals surface area contributed by atoms with Gasteiger partial charge in [-0.1, -0.05) is 30.7 Å².